The minimum atomic E-state index is -0.827. The summed E-state index contributed by atoms with van der Waals surface area (Å²) in [6, 6.07) is 3.72. The maximum atomic E-state index is 14.7. The number of ether oxygens (including phenoxy) is 1. The molecule has 3 atom stereocenters. The summed E-state index contributed by atoms with van der Waals surface area (Å²) in [5.41, 5.74) is 7.09. The number of hydrogen-bond acceptors (Lipinski definition) is 7. The van der Waals surface area contributed by atoms with Gasteiger partial charge in [-0.2, -0.15) is 8.75 Å². The number of benzene rings is 1. The third-order valence-electron chi connectivity index (χ3n) is 7.68. The summed E-state index contributed by atoms with van der Waals surface area (Å²) < 4.78 is 13.8. The van der Waals surface area contributed by atoms with Gasteiger partial charge in [0.25, 0.3) is 5.91 Å². The number of carbonyl (C=O) groups is 3. The Kier molecular flexibility index (Phi) is 9.20. The number of hydrogen-bond donors (Lipinski definition) is 2. The van der Waals surface area contributed by atoms with Crippen LogP contribution in [0.2, 0.25) is 10.2 Å². The fourth-order valence-electron chi connectivity index (χ4n) is 6.01. The zero-order valence-corrected chi connectivity index (χ0v) is 24.9. The van der Waals surface area contributed by atoms with Crippen molar-refractivity contribution in [1.82, 2.24) is 14.1 Å². The third-order valence-corrected chi connectivity index (χ3v) is 8.81. The van der Waals surface area contributed by atoms with E-state index in [1.807, 2.05) is 0 Å². The molecule has 0 spiro atoms. The number of nitrogens with one attached hydrogen (secondary N) is 1. The van der Waals surface area contributed by atoms with Crippen molar-refractivity contribution in [1.29, 1.82) is 0 Å². The first-order chi connectivity index (χ1) is 18.4. The maximum Gasteiger partial charge on any atom is 0.408 e. The van der Waals surface area contributed by atoms with Crippen LogP contribution in [-0.2, 0) is 20.9 Å². The highest BCUT2D eigenvalue weighted by Gasteiger charge is 2.55. The second-order valence-corrected chi connectivity index (χ2v) is 12.9. The molecule has 1 aromatic heterocycles. The number of primary amides is 1. The molecule has 0 bridgehead atoms. The van der Waals surface area contributed by atoms with E-state index in [2.05, 4.69) is 14.1 Å². The molecule has 12 heteroatoms. The van der Waals surface area contributed by atoms with Gasteiger partial charge in [0.2, 0.25) is 0 Å². The molecule has 2 heterocycles. The van der Waals surface area contributed by atoms with Crippen LogP contribution in [0.1, 0.15) is 71.3 Å². The van der Waals surface area contributed by atoms with Gasteiger partial charge in [0.05, 0.1) is 18.3 Å². The average Bonchev–Trinajstić information content (AvgIpc) is 3.49. The Morgan fingerprint density at radius 3 is 2.46 bits per heavy atom. The molecule has 0 radical (unpaired) electrons. The largest absolute Gasteiger partial charge is 0.444 e. The Bertz CT molecular complexity index is 1230. The van der Waals surface area contributed by atoms with Gasteiger partial charge >= 0.3 is 12.0 Å². The van der Waals surface area contributed by atoms with Crippen molar-refractivity contribution in [2.75, 3.05) is 6.54 Å². The SMILES string of the molecule is CC(C)(C)OC(=O)N[C@@H](C(=O)[N+]1(Cc2cc(Cl)ccc2-c2nsnc2Cl)CCC[C@H]1C(N)=O)C1CCCCC1. The highest BCUT2D eigenvalue weighted by Crippen LogP contribution is 2.39. The lowest BCUT2D eigenvalue weighted by Crippen LogP contribution is -2.66. The molecule has 3 amide bonds. The fourth-order valence-corrected chi connectivity index (χ4v) is 6.96. The van der Waals surface area contributed by atoms with E-state index >= 15 is 0 Å². The minimum Gasteiger partial charge on any atom is -0.444 e. The first-order valence-electron chi connectivity index (χ1n) is 13.4. The molecule has 9 nitrogen and oxygen atoms in total. The number of amides is 3. The summed E-state index contributed by atoms with van der Waals surface area (Å²) in [7, 11) is 0. The predicted octanol–water partition coefficient (Wildman–Crippen LogP) is 5.48. The van der Waals surface area contributed by atoms with Gasteiger partial charge < -0.3 is 15.8 Å². The van der Waals surface area contributed by atoms with Crippen LogP contribution < -0.4 is 11.1 Å². The van der Waals surface area contributed by atoms with Crippen LogP contribution >= 0.6 is 34.9 Å². The minimum absolute atomic E-state index is 0.0705. The number of rotatable bonds is 7. The van der Waals surface area contributed by atoms with Crippen LogP contribution in [0.5, 0.6) is 0 Å². The molecule has 2 fully saturated rings. The lowest BCUT2D eigenvalue weighted by molar-refractivity contribution is -0.871. The third kappa shape index (κ3) is 6.73. The van der Waals surface area contributed by atoms with E-state index in [0.717, 1.165) is 43.8 Å². The molecular weight excluding hydrogens is 561 g/mol. The number of nitrogens with zero attached hydrogens (tertiary/aromatic N) is 3. The molecule has 1 unspecified atom stereocenters. The standard InChI is InChI=1S/C27H35Cl2N5O4S/c1-27(2,3)38-26(37)31-21(16-8-5-4-6-9-16)25(36)34(13-7-10-20(34)24(30)35)15-17-14-18(28)11-12-19(17)22-23(29)33-39-32-22/h11-12,14,16,20-21H,4-10,13,15H2,1-3H3,(H2-,30,31,35,37)/p+1/t20-,21+,34?/m0/s1. The van der Waals surface area contributed by atoms with E-state index in [1.165, 1.54) is 0 Å². The van der Waals surface area contributed by atoms with E-state index in [1.54, 1.807) is 39.0 Å². The number of halogens is 2. The van der Waals surface area contributed by atoms with Crippen LogP contribution in [0.25, 0.3) is 11.3 Å². The average molecular weight is 598 g/mol. The number of carbonyl (C=O) groups excluding carboxylic acids is 3. The van der Waals surface area contributed by atoms with Gasteiger partial charge in [-0.25, -0.2) is 14.1 Å². The van der Waals surface area contributed by atoms with Gasteiger partial charge in [-0.3, -0.25) is 4.79 Å². The second-order valence-electron chi connectivity index (χ2n) is 11.5. The zero-order valence-electron chi connectivity index (χ0n) is 22.5. The van der Waals surface area contributed by atoms with E-state index in [9.17, 15) is 14.4 Å². The summed E-state index contributed by atoms with van der Waals surface area (Å²) in [5, 5.41) is 3.63. The molecule has 2 aromatic rings. The molecule has 1 saturated heterocycles. The molecule has 3 N–H and O–H groups in total. The van der Waals surface area contributed by atoms with Crippen LogP contribution in [-0.4, -0.2) is 55.4 Å². The van der Waals surface area contributed by atoms with E-state index in [4.69, 9.17) is 33.7 Å². The van der Waals surface area contributed by atoms with Crippen molar-refractivity contribution >= 4 is 52.8 Å². The fraction of sp³-hybridized carbons (Fsp3) is 0.593. The molecule has 2 aliphatic rings. The first-order valence-corrected chi connectivity index (χ1v) is 14.9. The topological polar surface area (TPSA) is 124 Å². The Labute approximate surface area is 243 Å². The van der Waals surface area contributed by atoms with E-state index < -0.39 is 29.7 Å². The summed E-state index contributed by atoms with van der Waals surface area (Å²) in [6.45, 7) is 5.89. The smallest absolute Gasteiger partial charge is 0.408 e. The second kappa shape index (κ2) is 12.1. The van der Waals surface area contributed by atoms with Crippen molar-refractivity contribution in [3.8, 4) is 11.3 Å². The molecular formula is C27H36Cl2N5O4S+. The van der Waals surface area contributed by atoms with Gasteiger partial charge in [0, 0.05) is 29.0 Å². The van der Waals surface area contributed by atoms with Crippen molar-refractivity contribution in [2.45, 2.75) is 89.9 Å². The quantitative estimate of drug-likeness (QED) is 0.408. The number of alkyl carbamates (subject to hydrolysis) is 1. The Morgan fingerprint density at radius 1 is 1.13 bits per heavy atom. The molecule has 1 aliphatic carbocycles. The molecule has 1 aromatic carbocycles. The Morgan fingerprint density at radius 2 is 1.85 bits per heavy atom. The van der Waals surface area contributed by atoms with Gasteiger partial charge in [0.1, 0.15) is 17.8 Å². The Hall–Kier alpha value is -2.27. The molecule has 212 valence electrons. The van der Waals surface area contributed by atoms with Gasteiger partial charge in [-0.1, -0.05) is 48.5 Å². The monoisotopic (exact) mass is 596 g/mol. The van der Waals surface area contributed by atoms with Gasteiger partial charge in [0.15, 0.2) is 17.2 Å². The normalized spacial score (nSPS) is 22.8. The Balaban J connectivity index is 1.78. The van der Waals surface area contributed by atoms with Crippen molar-refractivity contribution in [3.63, 3.8) is 0 Å². The summed E-state index contributed by atoms with van der Waals surface area (Å²) in [6.07, 6.45) is 5.09. The number of aromatic nitrogens is 2. The molecule has 1 aliphatic heterocycles. The first kappa shape index (κ1) is 29.7. The summed E-state index contributed by atoms with van der Waals surface area (Å²) in [5.74, 6) is -0.848. The number of nitrogens with two attached hydrogens (primary N) is 1. The van der Waals surface area contributed by atoms with Gasteiger partial charge in [-0.05, 0) is 51.7 Å². The molecule has 1 saturated carbocycles. The predicted molar refractivity (Wildman–Crippen MR) is 151 cm³/mol. The summed E-state index contributed by atoms with van der Waals surface area (Å²) >= 11 is 13.7. The highest BCUT2D eigenvalue weighted by atomic mass is 35.5. The molecule has 39 heavy (non-hydrogen) atoms. The number of likely N-dealkylation sites (tertiary alicyclic amines) is 1. The van der Waals surface area contributed by atoms with Crippen molar-refractivity contribution < 1.29 is 23.6 Å². The number of quaternary nitrogens is 1. The lowest BCUT2D eigenvalue weighted by atomic mass is 9.82. The van der Waals surface area contributed by atoms with Crippen LogP contribution in [0.15, 0.2) is 18.2 Å². The highest BCUT2D eigenvalue weighted by molar-refractivity contribution is 6.99. The molecule has 4 rings (SSSR count). The van der Waals surface area contributed by atoms with Crippen LogP contribution in [0, 0.1) is 5.92 Å². The van der Waals surface area contributed by atoms with Gasteiger partial charge in [-0.15, -0.1) is 0 Å². The van der Waals surface area contributed by atoms with Crippen LogP contribution in [0.4, 0.5) is 4.79 Å². The van der Waals surface area contributed by atoms with Crippen LogP contribution in [0.3, 0.4) is 0 Å². The lowest BCUT2D eigenvalue weighted by Gasteiger charge is -2.41. The van der Waals surface area contributed by atoms with Crippen molar-refractivity contribution in [3.05, 3.63) is 33.9 Å². The maximum absolute atomic E-state index is 14.7. The zero-order chi connectivity index (χ0) is 28.4. The summed E-state index contributed by atoms with van der Waals surface area (Å²) in [4.78, 5) is 40.5. The van der Waals surface area contributed by atoms with E-state index in [0.29, 0.717) is 41.2 Å². The van der Waals surface area contributed by atoms with Crippen molar-refractivity contribution in [2.24, 2.45) is 11.7 Å². The van der Waals surface area contributed by atoms with E-state index in [-0.39, 0.29) is 28.0 Å².